The summed E-state index contributed by atoms with van der Waals surface area (Å²) in [6.45, 7) is 0. The fourth-order valence-corrected chi connectivity index (χ4v) is 1.16. The molecule has 1 aromatic carbocycles. The van der Waals surface area contributed by atoms with Gasteiger partial charge in [0.05, 0.1) is 0 Å². The Morgan fingerprint density at radius 1 is 1.12 bits per heavy atom. The summed E-state index contributed by atoms with van der Waals surface area (Å²) in [5, 5.41) is 23.4. The highest BCUT2D eigenvalue weighted by Crippen LogP contribution is 2.12. The van der Waals surface area contributed by atoms with Crippen LogP contribution >= 0.6 is 0 Å². The van der Waals surface area contributed by atoms with E-state index in [0.717, 1.165) is 0 Å². The molecule has 0 aromatic heterocycles. The highest BCUT2D eigenvalue weighted by Gasteiger charge is 2.01. The summed E-state index contributed by atoms with van der Waals surface area (Å²) in [6, 6.07) is 5.69. The number of carbonyl (C=O) groups excluding carboxylic acids is 2. The van der Waals surface area contributed by atoms with Gasteiger partial charge < -0.3 is 20.3 Å². The first kappa shape index (κ1) is 12.0. The molecule has 0 spiro atoms. The van der Waals surface area contributed by atoms with Crippen molar-refractivity contribution in [3.8, 4) is 5.75 Å². The van der Waals surface area contributed by atoms with E-state index in [2.05, 4.69) is 5.32 Å². The Balaban J connectivity index is 2.34. The number of carbonyl (C=O) groups is 2. The van der Waals surface area contributed by atoms with E-state index in [0.29, 0.717) is 5.69 Å². The van der Waals surface area contributed by atoms with Crippen LogP contribution in [-0.2, 0) is 9.59 Å². The summed E-state index contributed by atoms with van der Waals surface area (Å²) in [6.07, 6.45) is 0.230. The molecule has 16 heavy (non-hydrogen) atoms. The van der Waals surface area contributed by atoms with Crippen molar-refractivity contribution < 1.29 is 19.8 Å². The molecule has 1 N–H and O–H groups in total. The van der Waals surface area contributed by atoms with Crippen molar-refractivity contribution in [2.45, 2.75) is 19.3 Å². The van der Waals surface area contributed by atoms with Crippen molar-refractivity contribution in [3.63, 3.8) is 0 Å². The molecule has 1 amide bonds. The number of aliphatic carboxylic acids is 1. The minimum absolute atomic E-state index is 0.118. The Morgan fingerprint density at radius 2 is 1.75 bits per heavy atom. The van der Waals surface area contributed by atoms with Gasteiger partial charge in [0.1, 0.15) is 0 Å². The smallest absolute Gasteiger partial charge is 0.224 e. The zero-order chi connectivity index (χ0) is 12.0. The minimum Gasteiger partial charge on any atom is -0.872 e. The molecule has 0 bridgehead atoms. The van der Waals surface area contributed by atoms with Gasteiger partial charge in [-0.15, -0.1) is 5.75 Å². The van der Waals surface area contributed by atoms with E-state index in [4.69, 9.17) is 0 Å². The fraction of sp³-hybridized carbons (Fsp3) is 0.273. The van der Waals surface area contributed by atoms with Crippen LogP contribution in [-0.4, -0.2) is 11.9 Å². The monoisotopic (exact) mass is 221 g/mol. The van der Waals surface area contributed by atoms with E-state index in [1.807, 2.05) is 0 Å². The van der Waals surface area contributed by atoms with E-state index in [9.17, 15) is 19.8 Å². The fourth-order valence-electron chi connectivity index (χ4n) is 1.16. The van der Waals surface area contributed by atoms with Crippen molar-refractivity contribution in [2.24, 2.45) is 0 Å². The molecule has 0 atom stereocenters. The van der Waals surface area contributed by atoms with Gasteiger partial charge >= 0.3 is 0 Å². The SMILES string of the molecule is O=C([O-])CCCC(=O)Nc1ccc([O-])cc1. The second-order valence-electron chi connectivity index (χ2n) is 3.30. The molecular weight excluding hydrogens is 210 g/mol. The predicted molar refractivity (Wildman–Crippen MR) is 53.4 cm³/mol. The van der Waals surface area contributed by atoms with E-state index in [1.54, 1.807) is 0 Å². The van der Waals surface area contributed by atoms with E-state index in [-0.39, 0.29) is 30.9 Å². The number of hydrogen-bond donors (Lipinski definition) is 1. The summed E-state index contributed by atoms with van der Waals surface area (Å²) < 4.78 is 0. The van der Waals surface area contributed by atoms with Gasteiger partial charge in [0.15, 0.2) is 0 Å². The molecule has 0 aliphatic heterocycles. The standard InChI is InChI=1S/C11H13NO4/c13-9-6-4-8(5-7-9)12-10(14)2-1-3-11(15)16/h4-7,13H,1-3H2,(H,12,14)(H,15,16)/p-2. The quantitative estimate of drug-likeness (QED) is 0.733. The average Bonchev–Trinajstić information content (AvgIpc) is 2.21. The molecule has 5 nitrogen and oxygen atoms in total. The molecule has 0 aliphatic carbocycles. The lowest BCUT2D eigenvalue weighted by Crippen LogP contribution is -2.22. The van der Waals surface area contributed by atoms with Gasteiger partial charge in [-0.05, 0) is 25.0 Å². The highest BCUT2D eigenvalue weighted by atomic mass is 16.4. The number of anilines is 1. The summed E-state index contributed by atoms with van der Waals surface area (Å²) in [5.41, 5.74) is 0.526. The van der Waals surface area contributed by atoms with Crippen LogP contribution in [0.5, 0.6) is 5.75 Å². The van der Waals surface area contributed by atoms with Gasteiger partial charge in [-0.1, -0.05) is 12.1 Å². The topological polar surface area (TPSA) is 92.3 Å². The average molecular weight is 221 g/mol. The number of amides is 1. The van der Waals surface area contributed by atoms with E-state index >= 15 is 0 Å². The van der Waals surface area contributed by atoms with Gasteiger partial charge in [0.2, 0.25) is 5.91 Å². The van der Waals surface area contributed by atoms with Crippen molar-refractivity contribution in [1.82, 2.24) is 0 Å². The van der Waals surface area contributed by atoms with Gasteiger partial charge in [0, 0.05) is 18.1 Å². The third-order valence-electron chi connectivity index (χ3n) is 1.92. The highest BCUT2D eigenvalue weighted by molar-refractivity contribution is 5.90. The molecule has 0 heterocycles. The van der Waals surface area contributed by atoms with E-state index < -0.39 is 5.97 Å². The zero-order valence-electron chi connectivity index (χ0n) is 8.56. The van der Waals surface area contributed by atoms with Crippen molar-refractivity contribution in [2.75, 3.05) is 5.32 Å². The predicted octanol–water partition coefficient (Wildman–Crippen LogP) is -0.381. The Kier molecular flexibility index (Phi) is 4.32. The maximum atomic E-state index is 11.3. The Hall–Kier alpha value is -2.04. The lowest BCUT2D eigenvalue weighted by Gasteiger charge is -2.08. The lowest BCUT2D eigenvalue weighted by atomic mass is 10.2. The molecule has 0 saturated carbocycles. The van der Waals surface area contributed by atoms with Gasteiger partial charge in [-0.2, -0.15) is 0 Å². The van der Waals surface area contributed by atoms with Gasteiger partial charge in [-0.25, -0.2) is 0 Å². The number of nitrogens with one attached hydrogen (secondary N) is 1. The van der Waals surface area contributed by atoms with Crippen LogP contribution in [0.15, 0.2) is 24.3 Å². The third-order valence-corrected chi connectivity index (χ3v) is 1.92. The van der Waals surface area contributed by atoms with Crippen LogP contribution in [0.4, 0.5) is 5.69 Å². The number of carboxylic acids is 1. The van der Waals surface area contributed by atoms with Crippen molar-refractivity contribution in [1.29, 1.82) is 0 Å². The largest absolute Gasteiger partial charge is 0.872 e. The summed E-state index contributed by atoms with van der Waals surface area (Å²) in [7, 11) is 0. The van der Waals surface area contributed by atoms with Crippen LogP contribution in [0.3, 0.4) is 0 Å². The zero-order valence-corrected chi connectivity index (χ0v) is 8.56. The Bertz CT molecular complexity index is 372. The molecule has 0 fully saturated rings. The summed E-state index contributed by atoms with van der Waals surface area (Å²) >= 11 is 0. The third kappa shape index (κ3) is 4.45. The first-order valence-corrected chi connectivity index (χ1v) is 4.84. The number of hydrogen-bond acceptors (Lipinski definition) is 4. The number of rotatable bonds is 5. The van der Waals surface area contributed by atoms with Crippen LogP contribution in [0.1, 0.15) is 19.3 Å². The first-order chi connectivity index (χ1) is 7.58. The maximum Gasteiger partial charge on any atom is 0.224 e. The molecule has 0 radical (unpaired) electrons. The van der Waals surface area contributed by atoms with Crippen molar-refractivity contribution >= 4 is 17.6 Å². The second-order valence-corrected chi connectivity index (χ2v) is 3.30. The molecule has 1 rings (SSSR count). The Labute approximate surface area is 92.7 Å². The molecule has 0 saturated heterocycles. The van der Waals surface area contributed by atoms with Crippen LogP contribution < -0.4 is 15.5 Å². The number of carboxylic acid groups (broad SMARTS) is 1. The lowest BCUT2D eigenvalue weighted by molar-refractivity contribution is -0.305. The molecule has 1 aromatic rings. The Morgan fingerprint density at radius 3 is 2.31 bits per heavy atom. The van der Waals surface area contributed by atoms with Crippen LogP contribution in [0, 0.1) is 0 Å². The molecule has 0 unspecified atom stereocenters. The summed E-state index contributed by atoms with van der Waals surface area (Å²) in [4.78, 5) is 21.4. The number of benzene rings is 1. The second kappa shape index (κ2) is 5.75. The molecule has 5 heteroatoms. The minimum atomic E-state index is -1.16. The van der Waals surface area contributed by atoms with Gasteiger partial charge in [-0.3, -0.25) is 4.79 Å². The summed E-state index contributed by atoms with van der Waals surface area (Å²) in [5.74, 6) is -1.57. The van der Waals surface area contributed by atoms with Gasteiger partial charge in [0.25, 0.3) is 0 Å². The van der Waals surface area contributed by atoms with Crippen molar-refractivity contribution in [3.05, 3.63) is 24.3 Å². The first-order valence-electron chi connectivity index (χ1n) is 4.84. The van der Waals surface area contributed by atoms with Crippen LogP contribution in [0.25, 0.3) is 0 Å². The normalized spacial score (nSPS) is 9.75. The molecule has 86 valence electrons. The maximum absolute atomic E-state index is 11.3. The molecular formula is C11H11NO4-2. The van der Waals surface area contributed by atoms with E-state index in [1.165, 1.54) is 24.3 Å². The van der Waals surface area contributed by atoms with Crippen LogP contribution in [0.2, 0.25) is 0 Å². The molecule has 0 aliphatic rings.